The number of benzene rings is 1. The van der Waals surface area contributed by atoms with Gasteiger partial charge in [-0.1, -0.05) is 6.07 Å². The maximum Gasteiger partial charge on any atom is 0.255 e. The molecule has 22 heavy (non-hydrogen) atoms. The van der Waals surface area contributed by atoms with Gasteiger partial charge in [-0.15, -0.1) is 0 Å². The Kier molecular flexibility index (Phi) is 3.35. The first-order valence-electron chi connectivity index (χ1n) is 7.75. The standard InChI is InChI=1S/C17H18N4O/c22-17(13-3-4-14-8-18-6-5-12(14)7-13)21-15-9-19-16(20-10-15)11-1-2-11/h3-4,7,9-11,18H,1-2,5-6,8H2,(H,21,22). The summed E-state index contributed by atoms with van der Waals surface area (Å²) in [5.74, 6) is 1.31. The molecule has 0 atom stereocenters. The minimum Gasteiger partial charge on any atom is -0.319 e. The highest BCUT2D eigenvalue weighted by atomic mass is 16.1. The molecule has 5 heteroatoms. The molecule has 1 fully saturated rings. The second kappa shape index (κ2) is 5.50. The summed E-state index contributed by atoms with van der Waals surface area (Å²) < 4.78 is 0. The van der Waals surface area contributed by atoms with E-state index >= 15 is 0 Å². The second-order valence-corrected chi connectivity index (χ2v) is 5.97. The molecule has 0 spiro atoms. The van der Waals surface area contributed by atoms with Crippen LogP contribution in [0, 0.1) is 0 Å². The van der Waals surface area contributed by atoms with Crippen LogP contribution in [0.1, 0.15) is 46.1 Å². The number of aromatic nitrogens is 2. The summed E-state index contributed by atoms with van der Waals surface area (Å²) in [7, 11) is 0. The molecule has 5 nitrogen and oxygen atoms in total. The minimum atomic E-state index is -0.107. The van der Waals surface area contributed by atoms with Crippen molar-refractivity contribution in [2.75, 3.05) is 11.9 Å². The fraction of sp³-hybridized carbons (Fsp3) is 0.353. The zero-order valence-electron chi connectivity index (χ0n) is 12.3. The van der Waals surface area contributed by atoms with E-state index in [9.17, 15) is 4.79 Å². The number of hydrogen-bond donors (Lipinski definition) is 2. The average Bonchev–Trinajstić information content (AvgIpc) is 3.40. The fourth-order valence-corrected chi connectivity index (χ4v) is 2.78. The van der Waals surface area contributed by atoms with Crippen LogP contribution < -0.4 is 10.6 Å². The lowest BCUT2D eigenvalue weighted by Gasteiger charge is -2.17. The summed E-state index contributed by atoms with van der Waals surface area (Å²) in [5.41, 5.74) is 3.87. The molecule has 0 saturated heterocycles. The van der Waals surface area contributed by atoms with Crippen molar-refractivity contribution in [1.29, 1.82) is 0 Å². The number of fused-ring (bicyclic) bond motifs is 1. The molecule has 4 rings (SSSR count). The lowest BCUT2D eigenvalue weighted by molar-refractivity contribution is 0.102. The van der Waals surface area contributed by atoms with Crippen molar-refractivity contribution in [2.24, 2.45) is 0 Å². The molecular weight excluding hydrogens is 276 g/mol. The molecule has 2 aromatic rings. The third-order valence-corrected chi connectivity index (χ3v) is 4.23. The number of nitrogens with one attached hydrogen (secondary N) is 2. The lowest BCUT2D eigenvalue weighted by Crippen LogP contribution is -2.24. The number of carbonyl (C=O) groups excluding carboxylic acids is 1. The van der Waals surface area contributed by atoms with Gasteiger partial charge in [0.25, 0.3) is 5.91 Å². The number of nitrogens with zero attached hydrogens (tertiary/aromatic N) is 2. The number of anilines is 1. The summed E-state index contributed by atoms with van der Waals surface area (Å²) in [6.07, 6.45) is 6.71. The number of hydrogen-bond acceptors (Lipinski definition) is 4. The molecule has 1 saturated carbocycles. The third kappa shape index (κ3) is 2.72. The topological polar surface area (TPSA) is 66.9 Å². The van der Waals surface area contributed by atoms with Crippen molar-refractivity contribution < 1.29 is 4.79 Å². The van der Waals surface area contributed by atoms with Gasteiger partial charge in [-0.25, -0.2) is 9.97 Å². The normalized spacial score (nSPS) is 16.9. The zero-order valence-corrected chi connectivity index (χ0v) is 12.3. The van der Waals surface area contributed by atoms with Gasteiger partial charge in [0.1, 0.15) is 5.82 Å². The van der Waals surface area contributed by atoms with E-state index in [0.29, 0.717) is 17.2 Å². The highest BCUT2D eigenvalue weighted by Crippen LogP contribution is 2.37. The smallest absolute Gasteiger partial charge is 0.255 e. The van der Waals surface area contributed by atoms with E-state index in [4.69, 9.17) is 0 Å². The maximum atomic E-state index is 12.3. The quantitative estimate of drug-likeness (QED) is 0.911. The molecule has 2 heterocycles. The molecule has 1 aromatic carbocycles. The number of carbonyl (C=O) groups is 1. The van der Waals surface area contributed by atoms with Crippen LogP contribution in [0.3, 0.4) is 0 Å². The first-order valence-corrected chi connectivity index (χ1v) is 7.75. The van der Waals surface area contributed by atoms with Gasteiger partial charge in [0.05, 0.1) is 18.1 Å². The van der Waals surface area contributed by atoms with Gasteiger partial charge in [-0.3, -0.25) is 4.79 Å². The Morgan fingerprint density at radius 2 is 2.00 bits per heavy atom. The van der Waals surface area contributed by atoms with Crippen molar-refractivity contribution in [1.82, 2.24) is 15.3 Å². The Morgan fingerprint density at radius 1 is 1.18 bits per heavy atom. The number of amides is 1. The highest BCUT2D eigenvalue weighted by molar-refractivity contribution is 6.04. The summed E-state index contributed by atoms with van der Waals surface area (Å²) >= 11 is 0. The zero-order chi connectivity index (χ0) is 14.9. The minimum absolute atomic E-state index is 0.107. The number of rotatable bonds is 3. The van der Waals surface area contributed by atoms with Crippen LogP contribution >= 0.6 is 0 Å². The third-order valence-electron chi connectivity index (χ3n) is 4.23. The van der Waals surface area contributed by atoms with Gasteiger partial charge in [-0.05, 0) is 49.1 Å². The van der Waals surface area contributed by atoms with E-state index in [1.807, 2.05) is 18.2 Å². The van der Waals surface area contributed by atoms with E-state index in [1.165, 1.54) is 24.0 Å². The van der Waals surface area contributed by atoms with Crippen LogP contribution in [0.15, 0.2) is 30.6 Å². The Balaban J connectivity index is 1.49. The van der Waals surface area contributed by atoms with Crippen LogP contribution in [-0.2, 0) is 13.0 Å². The van der Waals surface area contributed by atoms with Crippen molar-refractivity contribution in [3.05, 3.63) is 53.1 Å². The second-order valence-electron chi connectivity index (χ2n) is 5.97. The van der Waals surface area contributed by atoms with Crippen LogP contribution in [0.5, 0.6) is 0 Å². The van der Waals surface area contributed by atoms with Gasteiger partial charge in [0.15, 0.2) is 0 Å². The molecule has 2 aliphatic rings. The largest absolute Gasteiger partial charge is 0.319 e. The van der Waals surface area contributed by atoms with Crippen molar-refractivity contribution >= 4 is 11.6 Å². The van der Waals surface area contributed by atoms with Crippen molar-refractivity contribution in [2.45, 2.75) is 31.7 Å². The monoisotopic (exact) mass is 294 g/mol. The molecule has 1 aliphatic heterocycles. The Labute approximate surface area is 129 Å². The molecule has 2 N–H and O–H groups in total. The molecule has 0 bridgehead atoms. The first kappa shape index (κ1) is 13.4. The Hall–Kier alpha value is -2.27. The molecular formula is C17H18N4O. The fourth-order valence-electron chi connectivity index (χ4n) is 2.78. The van der Waals surface area contributed by atoms with Gasteiger partial charge < -0.3 is 10.6 Å². The average molecular weight is 294 g/mol. The Morgan fingerprint density at radius 3 is 2.77 bits per heavy atom. The predicted molar refractivity (Wildman–Crippen MR) is 83.8 cm³/mol. The van der Waals surface area contributed by atoms with E-state index in [1.54, 1.807) is 12.4 Å². The van der Waals surface area contributed by atoms with Gasteiger partial charge >= 0.3 is 0 Å². The van der Waals surface area contributed by atoms with Crippen molar-refractivity contribution in [3.63, 3.8) is 0 Å². The van der Waals surface area contributed by atoms with Crippen LogP contribution in [0.25, 0.3) is 0 Å². The van der Waals surface area contributed by atoms with Gasteiger partial charge in [-0.2, -0.15) is 0 Å². The molecule has 1 aromatic heterocycles. The molecule has 1 aliphatic carbocycles. The summed E-state index contributed by atoms with van der Waals surface area (Å²) in [5, 5.41) is 6.20. The Bertz CT molecular complexity index is 707. The lowest BCUT2D eigenvalue weighted by atomic mass is 9.98. The van der Waals surface area contributed by atoms with Gasteiger partial charge in [0, 0.05) is 18.0 Å². The summed E-state index contributed by atoms with van der Waals surface area (Å²) in [4.78, 5) is 21.0. The van der Waals surface area contributed by atoms with Crippen molar-refractivity contribution in [3.8, 4) is 0 Å². The van der Waals surface area contributed by atoms with Gasteiger partial charge in [0.2, 0.25) is 0 Å². The molecule has 1 amide bonds. The van der Waals surface area contributed by atoms with E-state index in [0.717, 1.165) is 25.3 Å². The predicted octanol–water partition coefficient (Wildman–Crippen LogP) is 2.25. The molecule has 112 valence electrons. The summed E-state index contributed by atoms with van der Waals surface area (Å²) in [6.45, 7) is 1.85. The SMILES string of the molecule is O=C(Nc1cnc(C2CC2)nc1)c1ccc2c(c1)CCNC2. The van der Waals surface area contributed by atoms with Crippen LogP contribution in [0.2, 0.25) is 0 Å². The maximum absolute atomic E-state index is 12.3. The highest BCUT2D eigenvalue weighted by Gasteiger charge is 2.26. The van der Waals surface area contributed by atoms with Crippen LogP contribution in [0.4, 0.5) is 5.69 Å². The van der Waals surface area contributed by atoms with E-state index in [2.05, 4.69) is 20.6 Å². The van der Waals surface area contributed by atoms with E-state index in [-0.39, 0.29) is 5.91 Å². The summed E-state index contributed by atoms with van der Waals surface area (Å²) in [6, 6.07) is 5.90. The molecule has 0 radical (unpaired) electrons. The molecule has 0 unspecified atom stereocenters. The van der Waals surface area contributed by atoms with E-state index < -0.39 is 0 Å². The first-order chi connectivity index (χ1) is 10.8. The van der Waals surface area contributed by atoms with Crippen LogP contribution in [-0.4, -0.2) is 22.4 Å².